The standard InChI is InChI=1S/C13H12N2O2/c16-7-10-6-15-13(12(10)8-17)11-4-2-1-3-9(11)5-14-15/h1-6,16-17H,7-8H2. The van der Waals surface area contributed by atoms with Crippen molar-refractivity contribution in [3.63, 3.8) is 0 Å². The van der Waals surface area contributed by atoms with Crippen LogP contribution in [0.2, 0.25) is 0 Å². The Bertz CT molecular complexity index is 688. The Kier molecular flexibility index (Phi) is 2.31. The van der Waals surface area contributed by atoms with Gasteiger partial charge in [-0.25, -0.2) is 4.52 Å². The third-order valence-corrected chi connectivity index (χ3v) is 3.05. The van der Waals surface area contributed by atoms with Crippen LogP contribution in [0.15, 0.2) is 36.7 Å². The van der Waals surface area contributed by atoms with Crippen LogP contribution in [0, 0.1) is 0 Å². The Morgan fingerprint density at radius 2 is 1.94 bits per heavy atom. The Morgan fingerprint density at radius 3 is 2.71 bits per heavy atom. The van der Waals surface area contributed by atoms with Crippen LogP contribution in [0.3, 0.4) is 0 Å². The van der Waals surface area contributed by atoms with Gasteiger partial charge in [-0.2, -0.15) is 5.10 Å². The molecule has 0 saturated carbocycles. The third-order valence-electron chi connectivity index (χ3n) is 3.05. The Labute approximate surface area is 97.7 Å². The maximum atomic E-state index is 9.44. The maximum absolute atomic E-state index is 9.44. The molecular formula is C13H12N2O2. The van der Waals surface area contributed by atoms with Crippen LogP contribution in [-0.4, -0.2) is 19.8 Å². The topological polar surface area (TPSA) is 57.8 Å². The van der Waals surface area contributed by atoms with Crippen LogP contribution in [0.5, 0.6) is 0 Å². The average Bonchev–Trinajstić information content (AvgIpc) is 2.76. The lowest BCUT2D eigenvalue weighted by molar-refractivity contribution is 0.262. The Balaban J connectivity index is 2.51. The van der Waals surface area contributed by atoms with E-state index in [4.69, 9.17) is 0 Å². The van der Waals surface area contributed by atoms with Gasteiger partial charge in [0.25, 0.3) is 0 Å². The molecule has 2 heterocycles. The zero-order valence-electron chi connectivity index (χ0n) is 9.17. The molecule has 0 fully saturated rings. The second-order valence-electron chi connectivity index (χ2n) is 3.97. The van der Waals surface area contributed by atoms with Crippen LogP contribution >= 0.6 is 0 Å². The first kappa shape index (κ1) is 10.3. The van der Waals surface area contributed by atoms with Gasteiger partial charge < -0.3 is 10.2 Å². The molecule has 1 aromatic carbocycles. The van der Waals surface area contributed by atoms with Crippen molar-refractivity contribution in [2.24, 2.45) is 0 Å². The number of aliphatic hydroxyl groups excluding tert-OH is 2. The van der Waals surface area contributed by atoms with Crippen molar-refractivity contribution in [2.45, 2.75) is 13.2 Å². The van der Waals surface area contributed by atoms with Crippen molar-refractivity contribution in [1.29, 1.82) is 0 Å². The molecule has 0 amide bonds. The second-order valence-corrected chi connectivity index (χ2v) is 3.97. The summed E-state index contributed by atoms with van der Waals surface area (Å²) in [5.41, 5.74) is 2.34. The van der Waals surface area contributed by atoms with Crippen molar-refractivity contribution in [3.05, 3.63) is 47.8 Å². The smallest absolute Gasteiger partial charge is 0.0783 e. The van der Waals surface area contributed by atoms with E-state index >= 15 is 0 Å². The van der Waals surface area contributed by atoms with E-state index < -0.39 is 0 Å². The van der Waals surface area contributed by atoms with Crippen molar-refractivity contribution in [1.82, 2.24) is 9.61 Å². The van der Waals surface area contributed by atoms with Crippen molar-refractivity contribution in [2.75, 3.05) is 0 Å². The van der Waals surface area contributed by atoms with Gasteiger partial charge in [-0.1, -0.05) is 24.3 Å². The third kappa shape index (κ3) is 1.42. The first-order valence-electron chi connectivity index (χ1n) is 5.43. The molecule has 2 aromatic heterocycles. The minimum atomic E-state index is -0.0952. The average molecular weight is 228 g/mol. The van der Waals surface area contributed by atoms with Gasteiger partial charge in [-0.05, 0) is 0 Å². The van der Waals surface area contributed by atoms with Gasteiger partial charge in [0, 0.05) is 28.1 Å². The van der Waals surface area contributed by atoms with Gasteiger partial charge >= 0.3 is 0 Å². The van der Waals surface area contributed by atoms with Crippen LogP contribution in [0.4, 0.5) is 0 Å². The van der Waals surface area contributed by atoms with Crippen LogP contribution in [-0.2, 0) is 13.2 Å². The van der Waals surface area contributed by atoms with Gasteiger partial charge in [0.05, 0.1) is 24.9 Å². The van der Waals surface area contributed by atoms with Crippen molar-refractivity contribution in [3.8, 4) is 0 Å². The highest BCUT2D eigenvalue weighted by Gasteiger charge is 2.12. The largest absolute Gasteiger partial charge is 0.392 e. The Hall–Kier alpha value is -1.91. The lowest BCUT2D eigenvalue weighted by Gasteiger charge is -2.02. The summed E-state index contributed by atoms with van der Waals surface area (Å²) in [5, 5.41) is 25.1. The predicted molar refractivity (Wildman–Crippen MR) is 64.5 cm³/mol. The molecule has 2 N–H and O–H groups in total. The molecule has 0 unspecified atom stereocenters. The molecule has 0 saturated heterocycles. The number of hydrogen-bond donors (Lipinski definition) is 2. The predicted octanol–water partition coefficient (Wildman–Crippen LogP) is 1.47. The van der Waals surface area contributed by atoms with Crippen molar-refractivity contribution >= 4 is 16.3 Å². The van der Waals surface area contributed by atoms with E-state index in [0.717, 1.165) is 27.4 Å². The molecule has 3 aromatic rings. The lowest BCUT2D eigenvalue weighted by Crippen LogP contribution is -1.92. The molecule has 4 heteroatoms. The molecule has 3 rings (SSSR count). The zero-order valence-corrected chi connectivity index (χ0v) is 9.17. The number of aliphatic hydroxyl groups is 2. The number of benzene rings is 1. The number of hydrogen-bond acceptors (Lipinski definition) is 3. The number of fused-ring (bicyclic) bond motifs is 3. The zero-order chi connectivity index (χ0) is 11.8. The lowest BCUT2D eigenvalue weighted by atomic mass is 10.1. The fourth-order valence-corrected chi connectivity index (χ4v) is 2.22. The summed E-state index contributed by atoms with van der Waals surface area (Å²) >= 11 is 0. The highest BCUT2D eigenvalue weighted by molar-refractivity contribution is 5.97. The molecule has 0 radical (unpaired) electrons. The number of aromatic nitrogens is 2. The van der Waals surface area contributed by atoms with Gasteiger partial charge in [-0.15, -0.1) is 0 Å². The van der Waals surface area contributed by atoms with Gasteiger partial charge in [0.1, 0.15) is 0 Å². The summed E-state index contributed by atoms with van der Waals surface area (Å²) in [6, 6.07) is 7.88. The van der Waals surface area contributed by atoms with E-state index in [0.29, 0.717) is 0 Å². The van der Waals surface area contributed by atoms with Gasteiger partial charge in [0.2, 0.25) is 0 Å². The molecule has 86 valence electrons. The van der Waals surface area contributed by atoms with E-state index in [9.17, 15) is 10.2 Å². The molecule has 17 heavy (non-hydrogen) atoms. The van der Waals surface area contributed by atoms with E-state index in [2.05, 4.69) is 5.10 Å². The summed E-state index contributed by atoms with van der Waals surface area (Å²) in [5.74, 6) is 0. The van der Waals surface area contributed by atoms with Crippen LogP contribution in [0.1, 0.15) is 11.1 Å². The van der Waals surface area contributed by atoms with E-state index in [-0.39, 0.29) is 13.2 Å². The molecule has 0 atom stereocenters. The van der Waals surface area contributed by atoms with Gasteiger partial charge in [-0.3, -0.25) is 0 Å². The summed E-state index contributed by atoms with van der Waals surface area (Å²) in [6.07, 6.45) is 3.54. The van der Waals surface area contributed by atoms with Gasteiger partial charge in [0.15, 0.2) is 0 Å². The highest BCUT2D eigenvalue weighted by Crippen LogP contribution is 2.25. The minimum Gasteiger partial charge on any atom is -0.392 e. The fraction of sp³-hybridized carbons (Fsp3) is 0.154. The summed E-state index contributed by atoms with van der Waals surface area (Å²) in [6.45, 7) is -0.185. The molecule has 0 aliphatic carbocycles. The monoisotopic (exact) mass is 228 g/mol. The normalized spacial score (nSPS) is 11.4. The quantitative estimate of drug-likeness (QED) is 0.698. The summed E-state index contributed by atoms with van der Waals surface area (Å²) in [7, 11) is 0. The maximum Gasteiger partial charge on any atom is 0.0783 e. The molecule has 0 bridgehead atoms. The van der Waals surface area contributed by atoms with Crippen LogP contribution in [0.25, 0.3) is 16.3 Å². The molecule has 0 aliphatic rings. The summed E-state index contributed by atoms with van der Waals surface area (Å²) in [4.78, 5) is 0. The van der Waals surface area contributed by atoms with E-state index in [1.807, 2.05) is 24.3 Å². The summed E-state index contributed by atoms with van der Waals surface area (Å²) < 4.78 is 1.71. The second kappa shape index (κ2) is 3.84. The molecular weight excluding hydrogens is 216 g/mol. The highest BCUT2D eigenvalue weighted by atomic mass is 16.3. The fourth-order valence-electron chi connectivity index (χ4n) is 2.22. The number of rotatable bonds is 2. The molecule has 0 aliphatic heterocycles. The van der Waals surface area contributed by atoms with E-state index in [1.54, 1.807) is 16.9 Å². The SMILES string of the molecule is OCc1cn2ncc3ccccc3c2c1CO. The van der Waals surface area contributed by atoms with E-state index in [1.165, 1.54) is 0 Å². The van der Waals surface area contributed by atoms with Crippen LogP contribution < -0.4 is 0 Å². The molecule has 0 spiro atoms. The van der Waals surface area contributed by atoms with Crippen molar-refractivity contribution < 1.29 is 10.2 Å². The number of nitrogens with zero attached hydrogens (tertiary/aromatic N) is 2. The minimum absolute atomic E-state index is 0.0897. The first-order chi connectivity index (χ1) is 8.35. The Morgan fingerprint density at radius 1 is 1.12 bits per heavy atom. The first-order valence-corrected chi connectivity index (χ1v) is 5.43. The molecule has 4 nitrogen and oxygen atoms in total.